The van der Waals surface area contributed by atoms with Crippen LogP contribution >= 0.6 is 11.6 Å². The number of nitrogens with zero attached hydrogens (tertiary/aromatic N) is 2. The van der Waals surface area contributed by atoms with E-state index < -0.39 is 17.5 Å². The summed E-state index contributed by atoms with van der Waals surface area (Å²) in [7, 11) is 1.59. The highest BCUT2D eigenvalue weighted by Crippen LogP contribution is 2.16. The van der Waals surface area contributed by atoms with Gasteiger partial charge in [-0.1, -0.05) is 56.6 Å². The van der Waals surface area contributed by atoms with Gasteiger partial charge in [-0.05, 0) is 61.6 Å². The fourth-order valence-electron chi connectivity index (χ4n) is 3.72. The minimum Gasteiger partial charge on any atom is -0.491 e. The second kappa shape index (κ2) is 15.4. The highest BCUT2D eigenvalue weighted by atomic mass is 35.5. The Morgan fingerprint density at radius 2 is 1.74 bits per heavy atom. The Balaban J connectivity index is 0.000000474. The third kappa shape index (κ3) is 9.04. The van der Waals surface area contributed by atoms with Gasteiger partial charge in [-0.15, -0.1) is 0 Å². The van der Waals surface area contributed by atoms with Crippen LogP contribution in [-0.4, -0.2) is 40.3 Å². The summed E-state index contributed by atoms with van der Waals surface area (Å²) in [5.74, 6) is 1.28. The summed E-state index contributed by atoms with van der Waals surface area (Å²) in [6.45, 7) is 10.2. The van der Waals surface area contributed by atoms with Gasteiger partial charge < -0.3 is 19.9 Å². The van der Waals surface area contributed by atoms with Gasteiger partial charge in [0, 0.05) is 12.1 Å². The molecule has 0 radical (unpaired) electrons. The molecule has 0 spiro atoms. The molecule has 0 aliphatic carbocycles. The van der Waals surface area contributed by atoms with Gasteiger partial charge in [0.15, 0.2) is 0 Å². The number of rotatable bonds is 11. The van der Waals surface area contributed by atoms with E-state index in [4.69, 9.17) is 26.2 Å². The fraction of sp³-hybridized carbons (Fsp3) is 0.448. The number of aliphatic hydroxyl groups is 1. The topological polar surface area (TPSA) is 94.7 Å². The van der Waals surface area contributed by atoms with Crippen molar-refractivity contribution in [2.24, 2.45) is 13.0 Å². The van der Waals surface area contributed by atoms with Gasteiger partial charge in [-0.3, -0.25) is 13.9 Å². The quantitative estimate of drug-likeness (QED) is 0.271. The number of aliphatic hydroxyl groups excluding tert-OH is 1. The number of hydrogen-bond donors (Lipinski definition) is 2. The van der Waals surface area contributed by atoms with Crippen LogP contribution in [0.25, 0.3) is 0 Å². The molecule has 8 nitrogen and oxygen atoms in total. The summed E-state index contributed by atoms with van der Waals surface area (Å²) >= 11 is 5.67. The van der Waals surface area contributed by atoms with E-state index in [0.717, 1.165) is 27.3 Å². The normalized spacial score (nSPS) is 11.6. The zero-order valence-corrected chi connectivity index (χ0v) is 23.9. The van der Waals surface area contributed by atoms with Crippen LogP contribution in [0.15, 0.2) is 58.1 Å². The molecule has 0 bridgehead atoms. The first-order valence-electron chi connectivity index (χ1n) is 12.8. The van der Waals surface area contributed by atoms with E-state index in [2.05, 4.69) is 12.2 Å². The zero-order valence-electron chi connectivity index (χ0n) is 23.2. The zero-order chi connectivity index (χ0) is 28.2. The van der Waals surface area contributed by atoms with E-state index in [1.54, 1.807) is 14.0 Å². The van der Waals surface area contributed by atoms with Crippen molar-refractivity contribution in [3.05, 3.63) is 91.1 Å². The van der Waals surface area contributed by atoms with E-state index >= 15 is 0 Å². The number of anilines is 1. The van der Waals surface area contributed by atoms with Crippen LogP contribution in [0.1, 0.15) is 37.5 Å². The molecular formula is C29H40ClN3O5. The Morgan fingerprint density at radius 1 is 1.05 bits per heavy atom. The summed E-state index contributed by atoms with van der Waals surface area (Å²) in [5, 5.41) is 13.1. The highest BCUT2D eigenvalue weighted by Gasteiger charge is 2.20. The molecule has 0 amide bonds. The molecule has 9 heteroatoms. The molecule has 1 atom stereocenters. The first kappa shape index (κ1) is 31.1. The molecule has 2 aromatic carbocycles. The average Bonchev–Trinajstić information content (AvgIpc) is 2.90. The van der Waals surface area contributed by atoms with Gasteiger partial charge in [0.1, 0.15) is 24.4 Å². The molecule has 0 saturated carbocycles. The van der Waals surface area contributed by atoms with Crippen molar-refractivity contribution in [2.45, 2.75) is 53.8 Å². The maximum atomic E-state index is 12.5. The fourth-order valence-corrected chi connectivity index (χ4v) is 3.84. The van der Waals surface area contributed by atoms with E-state index in [1.807, 2.05) is 69.3 Å². The van der Waals surface area contributed by atoms with Gasteiger partial charge in [0.25, 0.3) is 5.56 Å². The monoisotopic (exact) mass is 545 g/mol. The van der Waals surface area contributed by atoms with Gasteiger partial charge in [0.2, 0.25) is 0 Å². The van der Waals surface area contributed by atoms with Crippen molar-refractivity contribution in [2.75, 3.05) is 25.1 Å². The second-order valence-electron chi connectivity index (χ2n) is 9.32. The Hall–Kier alpha value is -3.07. The summed E-state index contributed by atoms with van der Waals surface area (Å²) < 4.78 is 14.0. The molecular weight excluding hydrogens is 506 g/mol. The molecule has 38 heavy (non-hydrogen) atoms. The lowest BCUT2D eigenvalue weighted by atomic mass is 10.2. The second-order valence-corrected chi connectivity index (χ2v) is 9.76. The molecule has 0 aliphatic heterocycles. The minimum atomic E-state index is -0.484. The van der Waals surface area contributed by atoms with Crippen molar-refractivity contribution < 1.29 is 14.6 Å². The molecule has 1 unspecified atom stereocenters. The number of nitrogens with one attached hydrogen (secondary N) is 1. The summed E-state index contributed by atoms with van der Waals surface area (Å²) in [5.41, 5.74) is 1.94. The van der Waals surface area contributed by atoms with Crippen LogP contribution < -0.4 is 21.3 Å². The summed E-state index contributed by atoms with van der Waals surface area (Å²) in [6.07, 6.45) is 0.672. The molecule has 2 N–H and O–H groups in total. The number of benzene rings is 2. The van der Waals surface area contributed by atoms with Gasteiger partial charge in [-0.2, -0.15) is 0 Å². The standard InChI is InChI=1S/C21H31N3O5.C8H9Cl/c1-14(2)19(29-12-11-28-17-8-6-7-15(3)13-17)22-18-16(4)20(26)24(9-10-25)21(27)23(18)5;1-2-7-3-5-8(9)6-4-7/h6-8,13-14,19,22,25H,9-12H2,1-5H3;3-6H,2H2,1H3. The van der Waals surface area contributed by atoms with E-state index in [-0.39, 0.29) is 19.1 Å². The van der Waals surface area contributed by atoms with E-state index in [9.17, 15) is 9.59 Å². The average molecular weight is 546 g/mol. The minimum absolute atomic E-state index is 0.0347. The molecule has 1 aromatic heterocycles. The van der Waals surface area contributed by atoms with Crippen molar-refractivity contribution in [1.82, 2.24) is 9.13 Å². The SMILES string of the molecule is CCc1ccc(Cl)cc1.Cc1cccc(OCCOC(Nc2c(C)c(=O)n(CCO)c(=O)n2C)C(C)C)c1. The lowest BCUT2D eigenvalue weighted by Gasteiger charge is -2.26. The molecule has 0 saturated heterocycles. The number of hydrogen-bond acceptors (Lipinski definition) is 6. The van der Waals surface area contributed by atoms with E-state index in [0.29, 0.717) is 24.6 Å². The van der Waals surface area contributed by atoms with Crippen molar-refractivity contribution in [3.8, 4) is 5.75 Å². The van der Waals surface area contributed by atoms with Crippen molar-refractivity contribution in [1.29, 1.82) is 0 Å². The molecule has 208 valence electrons. The van der Waals surface area contributed by atoms with Crippen LogP contribution in [0.3, 0.4) is 0 Å². The predicted molar refractivity (Wildman–Crippen MR) is 153 cm³/mol. The number of halogens is 1. The first-order chi connectivity index (χ1) is 18.1. The Bertz CT molecular complexity index is 1230. The Kier molecular flexibility index (Phi) is 12.6. The van der Waals surface area contributed by atoms with E-state index in [1.165, 1.54) is 10.1 Å². The van der Waals surface area contributed by atoms with Crippen molar-refractivity contribution >= 4 is 17.4 Å². The molecule has 1 heterocycles. The molecule has 3 rings (SSSR count). The number of aromatic nitrogens is 2. The number of aryl methyl sites for hydroxylation is 2. The summed E-state index contributed by atoms with van der Waals surface area (Å²) in [4.78, 5) is 24.9. The molecule has 0 aliphatic rings. The smallest absolute Gasteiger partial charge is 0.332 e. The predicted octanol–water partition coefficient (Wildman–Crippen LogP) is 4.55. The van der Waals surface area contributed by atoms with Crippen LogP contribution in [0.2, 0.25) is 5.02 Å². The van der Waals surface area contributed by atoms with Gasteiger partial charge in [-0.25, -0.2) is 4.79 Å². The maximum absolute atomic E-state index is 12.5. The third-order valence-corrected chi connectivity index (χ3v) is 6.19. The van der Waals surface area contributed by atoms with Crippen LogP contribution in [0, 0.1) is 19.8 Å². The third-order valence-electron chi connectivity index (χ3n) is 5.94. The van der Waals surface area contributed by atoms with Gasteiger partial charge >= 0.3 is 5.69 Å². The highest BCUT2D eigenvalue weighted by molar-refractivity contribution is 6.30. The molecule has 0 fully saturated rings. The van der Waals surface area contributed by atoms with Crippen molar-refractivity contribution in [3.63, 3.8) is 0 Å². The lowest BCUT2D eigenvalue weighted by Crippen LogP contribution is -2.43. The number of ether oxygens (including phenoxy) is 2. The van der Waals surface area contributed by atoms with Crippen LogP contribution in [-0.2, 0) is 24.8 Å². The maximum Gasteiger partial charge on any atom is 0.332 e. The Labute approximate surface area is 229 Å². The first-order valence-corrected chi connectivity index (χ1v) is 13.2. The molecule has 3 aromatic rings. The van der Waals surface area contributed by atoms with Crippen LogP contribution in [0.4, 0.5) is 5.82 Å². The lowest BCUT2D eigenvalue weighted by molar-refractivity contribution is 0.0239. The Morgan fingerprint density at radius 3 is 2.32 bits per heavy atom. The van der Waals surface area contributed by atoms with Gasteiger partial charge in [0.05, 0.1) is 25.3 Å². The largest absolute Gasteiger partial charge is 0.491 e. The van der Waals surface area contributed by atoms with Crippen LogP contribution in [0.5, 0.6) is 5.75 Å². The summed E-state index contributed by atoms with van der Waals surface area (Å²) in [6, 6.07) is 15.7.